The minimum Gasteiger partial charge on any atom is -0.494 e. The van der Waals surface area contributed by atoms with E-state index in [1.807, 2.05) is 42.5 Å². The predicted molar refractivity (Wildman–Crippen MR) is 85.3 cm³/mol. The van der Waals surface area contributed by atoms with Crippen molar-refractivity contribution in [3.8, 4) is 17.4 Å². The van der Waals surface area contributed by atoms with Crippen LogP contribution in [0.3, 0.4) is 0 Å². The van der Waals surface area contributed by atoms with E-state index in [9.17, 15) is 0 Å². The number of nitrogens with zero attached hydrogens (tertiary/aromatic N) is 1. The van der Waals surface area contributed by atoms with E-state index in [-0.39, 0.29) is 0 Å². The summed E-state index contributed by atoms with van der Waals surface area (Å²) < 4.78 is 11.3. The molecule has 0 radical (unpaired) electrons. The topological polar surface area (TPSA) is 43.4 Å². The summed E-state index contributed by atoms with van der Waals surface area (Å²) in [5.74, 6) is 3.02. The summed E-state index contributed by atoms with van der Waals surface area (Å²) in [6.07, 6.45) is 2.06. The molecular formula is C17H22N2O2. The average molecular weight is 286 g/mol. The molecule has 0 saturated heterocycles. The van der Waals surface area contributed by atoms with Gasteiger partial charge in [-0.3, -0.25) is 0 Å². The van der Waals surface area contributed by atoms with Gasteiger partial charge in [-0.2, -0.15) is 4.98 Å². The molecule has 21 heavy (non-hydrogen) atoms. The molecule has 112 valence electrons. The summed E-state index contributed by atoms with van der Waals surface area (Å²) in [4.78, 5) is 4.41. The fourth-order valence-corrected chi connectivity index (χ4v) is 1.77. The number of anilines is 1. The zero-order valence-corrected chi connectivity index (χ0v) is 12.6. The van der Waals surface area contributed by atoms with Crippen LogP contribution in [0, 0.1) is 0 Å². The van der Waals surface area contributed by atoms with E-state index in [1.54, 1.807) is 0 Å². The van der Waals surface area contributed by atoms with Crippen molar-refractivity contribution < 1.29 is 9.47 Å². The highest BCUT2D eigenvalue weighted by Crippen LogP contribution is 2.23. The minimum atomic E-state index is 0.582. The summed E-state index contributed by atoms with van der Waals surface area (Å²) in [5.41, 5.74) is 0. The van der Waals surface area contributed by atoms with Gasteiger partial charge in [-0.1, -0.05) is 19.9 Å². The Labute approximate surface area is 126 Å². The Morgan fingerprint density at radius 1 is 0.952 bits per heavy atom. The van der Waals surface area contributed by atoms with Crippen LogP contribution in [-0.4, -0.2) is 18.1 Å². The lowest BCUT2D eigenvalue weighted by molar-refractivity contribution is 0.317. The monoisotopic (exact) mass is 286 g/mol. The maximum absolute atomic E-state index is 5.75. The number of hydrogen-bond donors (Lipinski definition) is 1. The highest BCUT2D eigenvalue weighted by atomic mass is 16.5. The van der Waals surface area contributed by atoms with Crippen molar-refractivity contribution in [3.63, 3.8) is 0 Å². The van der Waals surface area contributed by atoms with E-state index in [2.05, 4.69) is 24.1 Å². The van der Waals surface area contributed by atoms with E-state index in [0.29, 0.717) is 5.88 Å². The first-order chi connectivity index (χ1) is 10.3. The molecular weight excluding hydrogens is 264 g/mol. The number of nitrogens with one attached hydrogen (secondary N) is 1. The SMILES string of the molecule is CCCNc1cccc(Oc2ccc(OCCC)cc2)n1. The third-order valence-corrected chi connectivity index (χ3v) is 2.80. The van der Waals surface area contributed by atoms with Crippen molar-refractivity contribution in [2.75, 3.05) is 18.5 Å². The Hall–Kier alpha value is -2.23. The Morgan fingerprint density at radius 2 is 1.71 bits per heavy atom. The zero-order valence-electron chi connectivity index (χ0n) is 12.6. The van der Waals surface area contributed by atoms with Crippen LogP contribution < -0.4 is 14.8 Å². The summed E-state index contributed by atoms with van der Waals surface area (Å²) >= 11 is 0. The molecule has 0 amide bonds. The number of ether oxygens (including phenoxy) is 2. The Balaban J connectivity index is 1.97. The van der Waals surface area contributed by atoms with Gasteiger partial charge in [-0.05, 0) is 43.2 Å². The molecule has 0 aliphatic carbocycles. The van der Waals surface area contributed by atoms with Crippen molar-refractivity contribution in [1.29, 1.82) is 0 Å². The summed E-state index contributed by atoms with van der Waals surface area (Å²) in [7, 11) is 0. The number of rotatable bonds is 8. The Kier molecular flexibility index (Phi) is 5.88. The zero-order chi connectivity index (χ0) is 14.9. The first kappa shape index (κ1) is 15.2. The molecule has 1 aromatic heterocycles. The lowest BCUT2D eigenvalue weighted by Crippen LogP contribution is -2.02. The van der Waals surface area contributed by atoms with Gasteiger partial charge in [0.15, 0.2) is 0 Å². The maximum Gasteiger partial charge on any atom is 0.221 e. The van der Waals surface area contributed by atoms with Crippen LogP contribution in [-0.2, 0) is 0 Å². The highest BCUT2D eigenvalue weighted by Gasteiger charge is 2.01. The molecule has 1 heterocycles. The minimum absolute atomic E-state index is 0.582. The lowest BCUT2D eigenvalue weighted by atomic mass is 10.3. The van der Waals surface area contributed by atoms with Crippen LogP contribution in [0.25, 0.3) is 0 Å². The predicted octanol–water partition coefficient (Wildman–Crippen LogP) is 4.48. The van der Waals surface area contributed by atoms with Gasteiger partial charge < -0.3 is 14.8 Å². The van der Waals surface area contributed by atoms with Gasteiger partial charge in [0.05, 0.1) is 6.61 Å². The Bertz CT molecular complexity index is 541. The van der Waals surface area contributed by atoms with Crippen molar-refractivity contribution in [2.24, 2.45) is 0 Å². The van der Waals surface area contributed by atoms with Crippen LogP contribution in [0.5, 0.6) is 17.4 Å². The molecule has 4 heteroatoms. The van der Waals surface area contributed by atoms with Crippen molar-refractivity contribution in [2.45, 2.75) is 26.7 Å². The van der Waals surface area contributed by atoms with E-state index in [1.165, 1.54) is 0 Å². The smallest absolute Gasteiger partial charge is 0.221 e. The van der Waals surface area contributed by atoms with Gasteiger partial charge in [0.2, 0.25) is 5.88 Å². The van der Waals surface area contributed by atoms with Gasteiger partial charge in [0.1, 0.15) is 17.3 Å². The molecule has 0 fully saturated rings. The fourth-order valence-electron chi connectivity index (χ4n) is 1.77. The summed E-state index contributed by atoms with van der Waals surface area (Å²) in [6, 6.07) is 13.3. The average Bonchev–Trinajstić information content (AvgIpc) is 2.53. The molecule has 0 aliphatic heterocycles. The van der Waals surface area contributed by atoms with E-state index in [4.69, 9.17) is 9.47 Å². The standard InChI is InChI=1S/C17H22N2O2/c1-3-12-18-16-6-5-7-17(19-16)21-15-10-8-14(9-11-15)20-13-4-2/h5-11H,3-4,12-13H2,1-2H3,(H,18,19). The molecule has 0 aliphatic rings. The molecule has 0 spiro atoms. The number of pyridine rings is 1. The molecule has 0 atom stereocenters. The normalized spacial score (nSPS) is 10.2. The number of hydrogen-bond acceptors (Lipinski definition) is 4. The molecule has 0 saturated carbocycles. The third-order valence-electron chi connectivity index (χ3n) is 2.80. The maximum atomic E-state index is 5.75. The molecule has 1 aromatic carbocycles. The molecule has 4 nitrogen and oxygen atoms in total. The first-order valence-electron chi connectivity index (χ1n) is 7.43. The second-order valence-corrected chi connectivity index (χ2v) is 4.71. The first-order valence-corrected chi connectivity index (χ1v) is 7.43. The lowest BCUT2D eigenvalue weighted by Gasteiger charge is -2.09. The van der Waals surface area contributed by atoms with Gasteiger partial charge >= 0.3 is 0 Å². The van der Waals surface area contributed by atoms with Crippen LogP contribution in [0.4, 0.5) is 5.82 Å². The van der Waals surface area contributed by atoms with Crippen LogP contribution >= 0.6 is 0 Å². The molecule has 0 unspecified atom stereocenters. The molecule has 2 aromatic rings. The summed E-state index contributed by atoms with van der Waals surface area (Å²) in [5, 5.41) is 3.24. The molecule has 0 bridgehead atoms. The van der Waals surface area contributed by atoms with Gasteiger partial charge in [0.25, 0.3) is 0 Å². The Morgan fingerprint density at radius 3 is 2.43 bits per heavy atom. The highest BCUT2D eigenvalue weighted by molar-refractivity contribution is 5.39. The summed E-state index contributed by atoms with van der Waals surface area (Å²) in [6.45, 7) is 5.84. The quantitative estimate of drug-likeness (QED) is 0.776. The second kappa shape index (κ2) is 8.15. The fraction of sp³-hybridized carbons (Fsp3) is 0.353. The van der Waals surface area contributed by atoms with Gasteiger partial charge in [-0.25, -0.2) is 0 Å². The number of benzene rings is 1. The van der Waals surface area contributed by atoms with Crippen molar-refractivity contribution in [1.82, 2.24) is 4.98 Å². The van der Waals surface area contributed by atoms with E-state index >= 15 is 0 Å². The molecule has 2 rings (SSSR count). The van der Waals surface area contributed by atoms with Gasteiger partial charge in [0, 0.05) is 12.6 Å². The van der Waals surface area contributed by atoms with Crippen molar-refractivity contribution in [3.05, 3.63) is 42.5 Å². The van der Waals surface area contributed by atoms with Crippen LogP contribution in [0.15, 0.2) is 42.5 Å². The molecule has 1 N–H and O–H groups in total. The van der Waals surface area contributed by atoms with E-state index in [0.717, 1.165) is 43.3 Å². The van der Waals surface area contributed by atoms with E-state index < -0.39 is 0 Å². The second-order valence-electron chi connectivity index (χ2n) is 4.71. The van der Waals surface area contributed by atoms with Crippen molar-refractivity contribution >= 4 is 5.82 Å². The van der Waals surface area contributed by atoms with Crippen LogP contribution in [0.1, 0.15) is 26.7 Å². The largest absolute Gasteiger partial charge is 0.494 e. The number of aromatic nitrogens is 1. The third kappa shape index (κ3) is 4.99. The van der Waals surface area contributed by atoms with Gasteiger partial charge in [-0.15, -0.1) is 0 Å². The van der Waals surface area contributed by atoms with Crippen LogP contribution in [0.2, 0.25) is 0 Å².